The average molecular weight is 249 g/mol. The summed E-state index contributed by atoms with van der Waals surface area (Å²) in [6.45, 7) is 1.91. The predicted molar refractivity (Wildman–Crippen MR) is 71.9 cm³/mol. The summed E-state index contributed by atoms with van der Waals surface area (Å²) in [7, 11) is 0. The Labute approximate surface area is 110 Å². The van der Waals surface area contributed by atoms with Gasteiger partial charge in [0.25, 0.3) is 0 Å². The van der Waals surface area contributed by atoms with E-state index in [1.165, 1.54) is 0 Å². The molecule has 4 nitrogen and oxygen atoms in total. The van der Waals surface area contributed by atoms with Crippen molar-refractivity contribution in [3.63, 3.8) is 0 Å². The number of benzene rings is 1. The first-order valence-electron chi connectivity index (χ1n) is 5.91. The van der Waals surface area contributed by atoms with Gasteiger partial charge in [0.15, 0.2) is 5.78 Å². The van der Waals surface area contributed by atoms with Gasteiger partial charge in [-0.05, 0) is 36.8 Å². The molecule has 92 valence electrons. The lowest BCUT2D eigenvalue weighted by molar-refractivity contribution is 0.103. The number of rotatable bonds is 2. The van der Waals surface area contributed by atoms with Crippen LogP contribution >= 0.6 is 0 Å². The van der Waals surface area contributed by atoms with Gasteiger partial charge in [-0.1, -0.05) is 0 Å². The van der Waals surface area contributed by atoms with Gasteiger partial charge in [-0.2, -0.15) is 0 Å². The normalized spacial score (nSPS) is 10.6. The van der Waals surface area contributed by atoms with Crippen LogP contribution in [0.25, 0.3) is 11.0 Å². The van der Waals surface area contributed by atoms with Crippen LogP contribution in [0.2, 0.25) is 0 Å². The number of aryl methyl sites for hydroxylation is 1. The van der Waals surface area contributed by atoms with E-state index in [1.54, 1.807) is 43.0 Å². The molecule has 0 aliphatic rings. The standard InChI is InChI=1S/C15H11N3O/c1-10-6-12(9-16-8-10)15(19)11-2-3-13-14(7-11)18-5-4-17-13/h2-9H,1H3. The van der Waals surface area contributed by atoms with Crippen molar-refractivity contribution >= 4 is 16.8 Å². The van der Waals surface area contributed by atoms with Gasteiger partial charge in [-0.3, -0.25) is 19.7 Å². The minimum atomic E-state index is -0.0521. The zero-order chi connectivity index (χ0) is 13.2. The average Bonchev–Trinajstić information content (AvgIpc) is 2.46. The van der Waals surface area contributed by atoms with Crippen LogP contribution in [0.15, 0.2) is 49.1 Å². The van der Waals surface area contributed by atoms with Crippen molar-refractivity contribution in [2.24, 2.45) is 0 Å². The Kier molecular flexibility index (Phi) is 2.76. The molecule has 2 aromatic heterocycles. The first-order chi connectivity index (χ1) is 9.24. The number of pyridine rings is 1. The Morgan fingerprint density at radius 2 is 1.74 bits per heavy atom. The molecule has 0 spiro atoms. The van der Waals surface area contributed by atoms with E-state index >= 15 is 0 Å². The molecular weight excluding hydrogens is 238 g/mol. The van der Waals surface area contributed by atoms with E-state index in [4.69, 9.17) is 0 Å². The van der Waals surface area contributed by atoms with Gasteiger partial charge in [0, 0.05) is 35.9 Å². The number of hydrogen-bond donors (Lipinski definition) is 0. The Bertz CT molecular complexity index is 768. The van der Waals surface area contributed by atoms with Crippen LogP contribution in [0.5, 0.6) is 0 Å². The lowest BCUT2D eigenvalue weighted by atomic mass is 10.0. The number of carbonyl (C=O) groups excluding carboxylic acids is 1. The second-order valence-corrected chi connectivity index (χ2v) is 4.34. The van der Waals surface area contributed by atoms with Gasteiger partial charge in [-0.15, -0.1) is 0 Å². The smallest absolute Gasteiger partial charge is 0.194 e. The van der Waals surface area contributed by atoms with Crippen LogP contribution in [0.4, 0.5) is 0 Å². The molecule has 3 rings (SSSR count). The van der Waals surface area contributed by atoms with Crippen molar-refractivity contribution in [2.45, 2.75) is 6.92 Å². The molecule has 0 unspecified atom stereocenters. The van der Waals surface area contributed by atoms with Gasteiger partial charge >= 0.3 is 0 Å². The molecule has 0 N–H and O–H groups in total. The van der Waals surface area contributed by atoms with E-state index in [-0.39, 0.29) is 5.78 Å². The highest BCUT2D eigenvalue weighted by Gasteiger charge is 2.10. The van der Waals surface area contributed by atoms with E-state index in [2.05, 4.69) is 15.0 Å². The van der Waals surface area contributed by atoms with Gasteiger partial charge in [0.2, 0.25) is 0 Å². The van der Waals surface area contributed by atoms with E-state index < -0.39 is 0 Å². The molecule has 0 radical (unpaired) electrons. The first kappa shape index (κ1) is 11.5. The number of hydrogen-bond acceptors (Lipinski definition) is 4. The van der Waals surface area contributed by atoms with Crippen molar-refractivity contribution in [3.8, 4) is 0 Å². The van der Waals surface area contributed by atoms with Crippen LogP contribution in [0.1, 0.15) is 21.5 Å². The molecule has 0 aliphatic heterocycles. The second kappa shape index (κ2) is 4.57. The van der Waals surface area contributed by atoms with Crippen LogP contribution in [-0.2, 0) is 0 Å². The Morgan fingerprint density at radius 1 is 0.947 bits per heavy atom. The summed E-state index contributed by atoms with van der Waals surface area (Å²) in [5.74, 6) is -0.0521. The third-order valence-corrected chi connectivity index (χ3v) is 2.87. The van der Waals surface area contributed by atoms with E-state index in [9.17, 15) is 4.79 Å². The molecule has 0 fully saturated rings. The molecule has 0 bridgehead atoms. The lowest BCUT2D eigenvalue weighted by Gasteiger charge is -2.03. The summed E-state index contributed by atoms with van der Waals surface area (Å²) in [4.78, 5) is 24.8. The topological polar surface area (TPSA) is 55.7 Å². The van der Waals surface area contributed by atoms with Gasteiger partial charge in [-0.25, -0.2) is 0 Å². The van der Waals surface area contributed by atoms with Crippen LogP contribution in [0, 0.1) is 6.92 Å². The summed E-state index contributed by atoms with van der Waals surface area (Å²) >= 11 is 0. The quantitative estimate of drug-likeness (QED) is 0.655. The van der Waals surface area contributed by atoms with E-state index in [1.807, 2.05) is 13.0 Å². The van der Waals surface area contributed by atoms with Crippen LogP contribution in [0.3, 0.4) is 0 Å². The number of nitrogens with zero attached hydrogens (tertiary/aromatic N) is 3. The first-order valence-corrected chi connectivity index (χ1v) is 5.91. The fourth-order valence-electron chi connectivity index (χ4n) is 1.95. The minimum Gasteiger partial charge on any atom is -0.289 e. The third-order valence-electron chi connectivity index (χ3n) is 2.87. The van der Waals surface area contributed by atoms with Gasteiger partial charge in [0.05, 0.1) is 11.0 Å². The second-order valence-electron chi connectivity index (χ2n) is 4.34. The van der Waals surface area contributed by atoms with Gasteiger partial charge in [0.1, 0.15) is 0 Å². The Morgan fingerprint density at radius 3 is 2.53 bits per heavy atom. The third kappa shape index (κ3) is 2.20. The number of aromatic nitrogens is 3. The lowest BCUT2D eigenvalue weighted by Crippen LogP contribution is -2.02. The fraction of sp³-hybridized carbons (Fsp3) is 0.0667. The molecule has 3 aromatic rings. The van der Waals surface area contributed by atoms with Crippen LogP contribution < -0.4 is 0 Å². The summed E-state index contributed by atoms with van der Waals surface area (Å²) in [6.07, 6.45) is 6.55. The highest BCUT2D eigenvalue weighted by Crippen LogP contribution is 2.15. The van der Waals surface area contributed by atoms with Crippen LogP contribution in [-0.4, -0.2) is 20.7 Å². The van der Waals surface area contributed by atoms with Crippen molar-refractivity contribution in [3.05, 3.63) is 65.7 Å². The molecule has 0 atom stereocenters. The molecule has 19 heavy (non-hydrogen) atoms. The van der Waals surface area contributed by atoms with Crippen molar-refractivity contribution in [1.29, 1.82) is 0 Å². The fourth-order valence-corrected chi connectivity index (χ4v) is 1.95. The molecule has 2 heterocycles. The molecule has 0 amide bonds. The molecular formula is C15H11N3O. The van der Waals surface area contributed by atoms with Gasteiger partial charge < -0.3 is 0 Å². The predicted octanol–water partition coefficient (Wildman–Crippen LogP) is 2.56. The Balaban J connectivity index is 2.06. The zero-order valence-electron chi connectivity index (χ0n) is 10.4. The number of carbonyl (C=O) groups is 1. The summed E-state index contributed by atoms with van der Waals surface area (Å²) < 4.78 is 0. The van der Waals surface area contributed by atoms with E-state index in [0.29, 0.717) is 16.6 Å². The van der Waals surface area contributed by atoms with Crippen molar-refractivity contribution < 1.29 is 4.79 Å². The number of fused-ring (bicyclic) bond motifs is 1. The maximum absolute atomic E-state index is 12.4. The Hall–Kier alpha value is -2.62. The molecule has 1 aromatic carbocycles. The van der Waals surface area contributed by atoms with Crippen molar-refractivity contribution in [1.82, 2.24) is 15.0 Å². The zero-order valence-corrected chi connectivity index (χ0v) is 10.4. The maximum atomic E-state index is 12.4. The molecule has 0 saturated carbocycles. The summed E-state index contributed by atoms with van der Waals surface area (Å²) in [5, 5.41) is 0. The molecule has 4 heteroatoms. The number of ketones is 1. The highest BCUT2D eigenvalue weighted by molar-refractivity contribution is 6.10. The summed E-state index contributed by atoms with van der Waals surface area (Å²) in [6, 6.07) is 7.16. The molecule has 0 aliphatic carbocycles. The monoisotopic (exact) mass is 249 g/mol. The minimum absolute atomic E-state index is 0.0521. The van der Waals surface area contributed by atoms with Crippen molar-refractivity contribution in [2.75, 3.05) is 0 Å². The summed E-state index contributed by atoms with van der Waals surface area (Å²) in [5.41, 5.74) is 3.64. The SMILES string of the molecule is Cc1cncc(C(=O)c2ccc3nccnc3c2)c1. The largest absolute Gasteiger partial charge is 0.289 e. The molecule has 0 saturated heterocycles. The highest BCUT2D eigenvalue weighted by atomic mass is 16.1. The van der Waals surface area contributed by atoms with E-state index in [0.717, 1.165) is 11.1 Å². The maximum Gasteiger partial charge on any atom is 0.194 e.